The highest BCUT2D eigenvalue weighted by Gasteiger charge is 2.15. The van der Waals surface area contributed by atoms with Crippen molar-refractivity contribution in [3.8, 4) is 17.2 Å². The molecule has 0 saturated carbocycles. The second-order valence-electron chi connectivity index (χ2n) is 7.45. The second-order valence-corrected chi connectivity index (χ2v) is 9.31. The number of hydrogen-bond donors (Lipinski definition) is 1. The molecule has 0 aliphatic rings. The second kappa shape index (κ2) is 11.9. The van der Waals surface area contributed by atoms with Gasteiger partial charge in [-0.15, -0.1) is 0 Å². The highest BCUT2D eigenvalue weighted by Crippen LogP contribution is 2.27. The third-order valence-electron chi connectivity index (χ3n) is 5.05. The predicted octanol–water partition coefficient (Wildman–Crippen LogP) is 4.80. The maximum Gasteiger partial charge on any atom is 0.266 e. The van der Waals surface area contributed by atoms with Gasteiger partial charge in [-0.25, -0.2) is 10.4 Å². The topological polar surface area (TPSA) is 94.8 Å². The molecule has 0 spiro atoms. The summed E-state index contributed by atoms with van der Waals surface area (Å²) in [5.41, 5.74) is 4.28. The van der Waals surface area contributed by atoms with E-state index in [1.165, 1.54) is 10.8 Å². The van der Waals surface area contributed by atoms with Crippen LogP contribution in [0.5, 0.6) is 11.5 Å². The highest BCUT2D eigenvalue weighted by atomic mass is 79.9. The van der Waals surface area contributed by atoms with Gasteiger partial charge in [0.1, 0.15) is 0 Å². The zero-order valence-electron chi connectivity index (χ0n) is 19.6. The Hall–Kier alpha value is -3.63. The van der Waals surface area contributed by atoms with Gasteiger partial charge in [0, 0.05) is 4.47 Å². The monoisotopic (exact) mass is 566 g/mol. The summed E-state index contributed by atoms with van der Waals surface area (Å²) in [5.74, 6) is 0.901. The summed E-state index contributed by atoms with van der Waals surface area (Å²) in [5, 5.41) is 4.95. The van der Waals surface area contributed by atoms with Crippen molar-refractivity contribution >= 4 is 50.7 Å². The number of halogens is 1. The molecule has 4 rings (SSSR count). The molecule has 3 aromatic carbocycles. The number of methoxy groups -OCH3 is 1. The number of nitrogens with zero attached hydrogens (tertiary/aromatic N) is 3. The molecule has 8 nitrogen and oxygen atoms in total. The first-order valence-corrected chi connectivity index (χ1v) is 12.8. The van der Waals surface area contributed by atoms with Crippen LogP contribution in [-0.2, 0) is 4.79 Å². The summed E-state index contributed by atoms with van der Waals surface area (Å²) >= 11 is 4.58. The molecular weight excluding hydrogens is 544 g/mol. The molecule has 1 amide bonds. The van der Waals surface area contributed by atoms with Crippen molar-refractivity contribution in [2.24, 2.45) is 5.10 Å². The average Bonchev–Trinajstić information content (AvgIpc) is 2.89. The Labute approximate surface area is 220 Å². The van der Waals surface area contributed by atoms with E-state index in [1.54, 1.807) is 37.4 Å². The lowest BCUT2D eigenvalue weighted by atomic mass is 10.2. The number of nitrogens with one attached hydrogen (secondary N) is 1. The quantitative estimate of drug-likeness (QED) is 0.135. The van der Waals surface area contributed by atoms with Crippen LogP contribution in [0.1, 0.15) is 12.5 Å². The summed E-state index contributed by atoms with van der Waals surface area (Å²) in [6.45, 7) is 2.42. The first kappa shape index (κ1) is 25.5. The number of para-hydroxylation sites is 1. The van der Waals surface area contributed by atoms with E-state index in [9.17, 15) is 9.59 Å². The van der Waals surface area contributed by atoms with Gasteiger partial charge in [-0.1, -0.05) is 39.8 Å². The van der Waals surface area contributed by atoms with Crippen LogP contribution >= 0.6 is 27.7 Å². The summed E-state index contributed by atoms with van der Waals surface area (Å²) in [6.07, 6.45) is 1.52. The number of rotatable bonds is 9. The van der Waals surface area contributed by atoms with E-state index in [4.69, 9.17) is 9.47 Å². The molecule has 36 heavy (non-hydrogen) atoms. The Kier molecular flexibility index (Phi) is 8.40. The minimum Gasteiger partial charge on any atom is -0.493 e. The molecule has 0 saturated heterocycles. The van der Waals surface area contributed by atoms with Crippen molar-refractivity contribution < 1.29 is 14.3 Å². The van der Waals surface area contributed by atoms with E-state index in [0.717, 1.165) is 21.8 Å². The number of fused-ring (bicyclic) bond motifs is 1. The lowest BCUT2D eigenvalue weighted by Crippen LogP contribution is -2.24. The van der Waals surface area contributed by atoms with E-state index in [1.807, 2.05) is 43.3 Å². The number of amides is 1. The van der Waals surface area contributed by atoms with Gasteiger partial charge in [-0.2, -0.15) is 5.10 Å². The van der Waals surface area contributed by atoms with Gasteiger partial charge in [0.25, 0.3) is 11.5 Å². The van der Waals surface area contributed by atoms with Crippen molar-refractivity contribution in [3.05, 3.63) is 87.1 Å². The Morgan fingerprint density at radius 1 is 1.14 bits per heavy atom. The van der Waals surface area contributed by atoms with Crippen molar-refractivity contribution in [2.75, 3.05) is 19.5 Å². The first-order valence-electron chi connectivity index (χ1n) is 11.0. The third-order valence-corrected chi connectivity index (χ3v) is 6.52. The summed E-state index contributed by atoms with van der Waals surface area (Å²) in [7, 11) is 1.56. The molecule has 10 heteroatoms. The molecule has 0 fully saturated rings. The van der Waals surface area contributed by atoms with Crippen LogP contribution in [0.25, 0.3) is 16.6 Å². The van der Waals surface area contributed by atoms with Crippen LogP contribution in [0, 0.1) is 0 Å². The molecule has 0 aliphatic carbocycles. The normalized spacial score (nSPS) is 11.1. The van der Waals surface area contributed by atoms with Crippen LogP contribution in [0.15, 0.2) is 86.3 Å². The number of thioether (sulfide) groups is 1. The summed E-state index contributed by atoms with van der Waals surface area (Å²) in [6, 6.07) is 19.9. The standard InChI is InChI=1S/C26H23BrN4O4S/c1-3-35-22-13-8-17(14-23(22)34-2)15-28-30-24(32)16-36-26-29-21-7-5-4-6-20(21)25(33)31(26)19-11-9-18(27)10-12-19/h4-15H,3,16H2,1-2H3,(H,30,32)/b28-15+. The molecule has 184 valence electrons. The number of carbonyl (C=O) groups is 1. The molecular formula is C26H23BrN4O4S. The van der Waals surface area contributed by atoms with Crippen LogP contribution < -0.4 is 20.5 Å². The van der Waals surface area contributed by atoms with E-state index in [-0.39, 0.29) is 17.2 Å². The smallest absolute Gasteiger partial charge is 0.266 e. The predicted molar refractivity (Wildman–Crippen MR) is 146 cm³/mol. The Balaban J connectivity index is 1.50. The zero-order chi connectivity index (χ0) is 25.5. The van der Waals surface area contributed by atoms with Crippen molar-refractivity contribution in [1.82, 2.24) is 15.0 Å². The van der Waals surface area contributed by atoms with Gasteiger partial charge in [-0.05, 0) is 67.1 Å². The van der Waals surface area contributed by atoms with Gasteiger partial charge in [-0.3, -0.25) is 14.2 Å². The van der Waals surface area contributed by atoms with Crippen molar-refractivity contribution in [1.29, 1.82) is 0 Å². The number of carbonyl (C=O) groups excluding carboxylic acids is 1. The largest absolute Gasteiger partial charge is 0.493 e. The van der Waals surface area contributed by atoms with Gasteiger partial charge in [0.2, 0.25) is 0 Å². The molecule has 1 aromatic heterocycles. The molecule has 0 unspecified atom stereocenters. The van der Waals surface area contributed by atoms with Crippen LogP contribution in [0.3, 0.4) is 0 Å². The maximum absolute atomic E-state index is 13.3. The molecule has 1 N–H and O–H groups in total. The number of hydrazone groups is 1. The summed E-state index contributed by atoms with van der Waals surface area (Å²) < 4.78 is 13.2. The van der Waals surface area contributed by atoms with Crippen molar-refractivity contribution in [2.45, 2.75) is 12.1 Å². The van der Waals surface area contributed by atoms with Crippen LogP contribution in [0.2, 0.25) is 0 Å². The fourth-order valence-electron chi connectivity index (χ4n) is 3.41. The Bertz CT molecular complexity index is 1470. The zero-order valence-corrected chi connectivity index (χ0v) is 22.0. The molecule has 4 aromatic rings. The average molecular weight is 567 g/mol. The van der Waals surface area contributed by atoms with Crippen LogP contribution in [0.4, 0.5) is 0 Å². The lowest BCUT2D eigenvalue weighted by molar-refractivity contribution is -0.118. The van der Waals surface area contributed by atoms with Gasteiger partial charge >= 0.3 is 0 Å². The Morgan fingerprint density at radius 2 is 1.92 bits per heavy atom. The molecule has 0 radical (unpaired) electrons. The van der Waals surface area contributed by atoms with Gasteiger partial charge < -0.3 is 9.47 Å². The van der Waals surface area contributed by atoms with Crippen LogP contribution in [-0.4, -0.2) is 41.1 Å². The minimum absolute atomic E-state index is 0.0191. The summed E-state index contributed by atoms with van der Waals surface area (Å²) in [4.78, 5) is 30.4. The SMILES string of the molecule is CCOc1ccc(/C=N/NC(=O)CSc2nc3ccccc3c(=O)n2-c2ccc(Br)cc2)cc1OC. The Morgan fingerprint density at radius 3 is 2.67 bits per heavy atom. The maximum atomic E-state index is 13.3. The third kappa shape index (κ3) is 5.95. The lowest BCUT2D eigenvalue weighted by Gasteiger charge is -2.13. The van der Waals surface area contributed by atoms with E-state index in [0.29, 0.717) is 39.9 Å². The van der Waals surface area contributed by atoms with Gasteiger partial charge in [0.05, 0.1) is 42.3 Å². The first-order chi connectivity index (χ1) is 17.5. The van der Waals surface area contributed by atoms with Crippen molar-refractivity contribution in [3.63, 3.8) is 0 Å². The minimum atomic E-state index is -0.334. The fourth-order valence-corrected chi connectivity index (χ4v) is 4.48. The number of aromatic nitrogens is 2. The highest BCUT2D eigenvalue weighted by molar-refractivity contribution is 9.10. The number of benzene rings is 3. The molecule has 0 bridgehead atoms. The van der Waals surface area contributed by atoms with E-state index < -0.39 is 0 Å². The van der Waals surface area contributed by atoms with E-state index >= 15 is 0 Å². The van der Waals surface area contributed by atoms with Gasteiger partial charge in [0.15, 0.2) is 16.7 Å². The fraction of sp³-hybridized carbons (Fsp3) is 0.154. The molecule has 0 atom stereocenters. The molecule has 1 heterocycles. The number of hydrogen-bond acceptors (Lipinski definition) is 7. The van der Waals surface area contributed by atoms with E-state index in [2.05, 4.69) is 31.4 Å². The molecule has 0 aliphatic heterocycles. The number of ether oxygens (including phenoxy) is 2.